The van der Waals surface area contributed by atoms with Crippen LogP contribution in [0.5, 0.6) is 0 Å². The van der Waals surface area contributed by atoms with Gasteiger partial charge in [0.2, 0.25) is 0 Å². The molecule has 3 rings (SSSR count). The zero-order valence-electron chi connectivity index (χ0n) is 12.3. The van der Waals surface area contributed by atoms with Crippen LogP contribution in [-0.4, -0.2) is 42.5 Å². The van der Waals surface area contributed by atoms with E-state index in [2.05, 4.69) is 0 Å². The third-order valence-corrected chi connectivity index (χ3v) is 4.78. The van der Waals surface area contributed by atoms with E-state index in [9.17, 15) is 14.4 Å². The maximum Gasteiger partial charge on any atom is 0.332 e. The molecule has 2 saturated heterocycles. The lowest BCUT2D eigenvalue weighted by Gasteiger charge is -2.30. The average molecular weight is 357 g/mol. The minimum atomic E-state index is -0.671. The Hall–Kier alpha value is -1.79. The molecule has 122 valence electrons. The third-order valence-electron chi connectivity index (χ3n) is 4.23. The number of fused-ring (bicyclic) bond motifs is 1. The molecule has 2 heterocycles. The summed E-state index contributed by atoms with van der Waals surface area (Å²) in [6.45, 7) is 0.323. The zero-order chi connectivity index (χ0) is 16.7. The number of methoxy groups -OCH3 is 1. The first-order chi connectivity index (χ1) is 10.9. The van der Waals surface area contributed by atoms with Gasteiger partial charge in [-0.2, -0.15) is 0 Å². The molecule has 2 aliphatic rings. The average Bonchev–Trinajstić information content (AvgIpc) is 2.80. The molecule has 0 spiro atoms. The standard InChI is InChI=1S/C15H14Cl2N2O4/c1-23-14(21)8-4-5-18-12(6-8)13(20)19(15(18)22)11-7-9(16)2-3-10(11)17/h2-3,7-8,12H,4-6H2,1H3/t8-,12+/m1/s1. The first kappa shape index (κ1) is 16.1. The number of carbonyl (C=O) groups is 3. The first-order valence-electron chi connectivity index (χ1n) is 7.11. The van der Waals surface area contributed by atoms with Crippen LogP contribution in [0.3, 0.4) is 0 Å². The molecular formula is C15H14Cl2N2O4. The molecule has 0 saturated carbocycles. The number of ether oxygens (including phenoxy) is 1. The van der Waals surface area contributed by atoms with E-state index in [1.165, 1.54) is 24.1 Å². The van der Waals surface area contributed by atoms with Gasteiger partial charge in [0.15, 0.2) is 0 Å². The van der Waals surface area contributed by atoms with Crippen molar-refractivity contribution in [3.05, 3.63) is 28.2 Å². The molecular weight excluding hydrogens is 343 g/mol. The van der Waals surface area contributed by atoms with Crippen molar-refractivity contribution in [2.75, 3.05) is 18.6 Å². The van der Waals surface area contributed by atoms with Gasteiger partial charge < -0.3 is 9.64 Å². The van der Waals surface area contributed by atoms with Gasteiger partial charge in [-0.3, -0.25) is 9.59 Å². The van der Waals surface area contributed by atoms with Crippen molar-refractivity contribution in [2.24, 2.45) is 5.92 Å². The van der Waals surface area contributed by atoms with Crippen LogP contribution in [0.1, 0.15) is 12.8 Å². The molecule has 6 nitrogen and oxygen atoms in total. The number of benzene rings is 1. The Kier molecular flexibility index (Phi) is 4.21. The highest BCUT2D eigenvalue weighted by Crippen LogP contribution is 2.37. The van der Waals surface area contributed by atoms with Crippen LogP contribution in [0.2, 0.25) is 10.0 Å². The molecule has 0 unspecified atom stereocenters. The topological polar surface area (TPSA) is 66.9 Å². The summed E-state index contributed by atoms with van der Waals surface area (Å²) in [4.78, 5) is 39.5. The Morgan fingerprint density at radius 3 is 2.74 bits per heavy atom. The quantitative estimate of drug-likeness (QED) is 0.603. The normalized spacial score (nSPS) is 24.0. The lowest BCUT2D eigenvalue weighted by atomic mass is 9.91. The third kappa shape index (κ3) is 2.66. The Morgan fingerprint density at radius 2 is 2.04 bits per heavy atom. The molecule has 0 radical (unpaired) electrons. The maximum absolute atomic E-state index is 12.7. The predicted molar refractivity (Wildman–Crippen MR) is 84.6 cm³/mol. The van der Waals surface area contributed by atoms with E-state index >= 15 is 0 Å². The Balaban J connectivity index is 1.91. The van der Waals surface area contributed by atoms with Crippen molar-refractivity contribution in [2.45, 2.75) is 18.9 Å². The molecule has 2 fully saturated rings. The van der Waals surface area contributed by atoms with Crippen LogP contribution in [0.25, 0.3) is 0 Å². The lowest BCUT2D eigenvalue weighted by Crippen LogP contribution is -2.44. The van der Waals surface area contributed by atoms with Crippen LogP contribution in [0.4, 0.5) is 10.5 Å². The van der Waals surface area contributed by atoms with E-state index in [1.807, 2.05) is 0 Å². The summed E-state index contributed by atoms with van der Waals surface area (Å²) in [6.07, 6.45) is 0.727. The van der Waals surface area contributed by atoms with Crippen LogP contribution < -0.4 is 4.90 Å². The SMILES string of the molecule is COC(=O)[C@@H]1CCN2C(=O)N(c3cc(Cl)ccc3Cl)C(=O)[C@@H]2C1. The number of nitrogens with zero attached hydrogens (tertiary/aromatic N) is 2. The summed E-state index contributed by atoms with van der Waals surface area (Å²) in [5.74, 6) is -1.13. The van der Waals surface area contributed by atoms with Gasteiger partial charge in [0.25, 0.3) is 5.91 Å². The van der Waals surface area contributed by atoms with Crippen LogP contribution >= 0.6 is 23.2 Å². The minimum Gasteiger partial charge on any atom is -0.469 e. The first-order valence-corrected chi connectivity index (χ1v) is 7.87. The molecule has 3 amide bonds. The van der Waals surface area contributed by atoms with E-state index in [1.54, 1.807) is 6.07 Å². The summed E-state index contributed by atoms with van der Waals surface area (Å²) in [5, 5.41) is 0.641. The van der Waals surface area contributed by atoms with Gasteiger partial charge in [-0.25, -0.2) is 9.69 Å². The molecule has 1 aromatic carbocycles. The molecule has 8 heteroatoms. The van der Waals surface area contributed by atoms with Gasteiger partial charge in [-0.1, -0.05) is 23.2 Å². The van der Waals surface area contributed by atoms with E-state index < -0.39 is 18.0 Å². The Bertz CT molecular complexity index is 694. The number of amides is 3. The smallest absolute Gasteiger partial charge is 0.332 e. The number of carbonyl (C=O) groups excluding carboxylic acids is 3. The summed E-state index contributed by atoms with van der Waals surface area (Å²) >= 11 is 12.1. The van der Waals surface area contributed by atoms with E-state index in [-0.39, 0.29) is 29.0 Å². The van der Waals surface area contributed by atoms with Gasteiger partial charge in [-0.15, -0.1) is 0 Å². The van der Waals surface area contributed by atoms with E-state index in [4.69, 9.17) is 27.9 Å². The second kappa shape index (κ2) is 6.02. The molecule has 2 aliphatic heterocycles. The van der Waals surface area contributed by atoms with Crippen molar-refractivity contribution in [1.29, 1.82) is 0 Å². The summed E-state index contributed by atoms with van der Waals surface area (Å²) in [6, 6.07) is 3.49. The highest BCUT2D eigenvalue weighted by molar-refractivity contribution is 6.37. The van der Waals surface area contributed by atoms with Crippen LogP contribution in [-0.2, 0) is 14.3 Å². The number of halogens is 2. The second-order valence-corrected chi connectivity index (χ2v) is 6.35. The van der Waals surface area contributed by atoms with Gasteiger partial charge in [0.1, 0.15) is 6.04 Å². The van der Waals surface area contributed by atoms with Gasteiger partial charge >= 0.3 is 12.0 Å². The molecule has 23 heavy (non-hydrogen) atoms. The van der Waals surface area contributed by atoms with Crippen molar-refractivity contribution in [1.82, 2.24) is 4.90 Å². The van der Waals surface area contributed by atoms with E-state index in [0.717, 1.165) is 4.90 Å². The van der Waals surface area contributed by atoms with Crippen molar-refractivity contribution in [3.63, 3.8) is 0 Å². The zero-order valence-corrected chi connectivity index (χ0v) is 13.8. The molecule has 0 bridgehead atoms. The predicted octanol–water partition coefficient (Wildman–Crippen LogP) is 2.71. The number of hydrogen-bond acceptors (Lipinski definition) is 4. The fraction of sp³-hybridized carbons (Fsp3) is 0.400. The minimum absolute atomic E-state index is 0.256. The Labute approximate surface area is 142 Å². The van der Waals surface area contributed by atoms with Crippen LogP contribution in [0.15, 0.2) is 18.2 Å². The highest BCUT2D eigenvalue weighted by Gasteiger charge is 2.50. The van der Waals surface area contributed by atoms with Gasteiger partial charge in [-0.05, 0) is 31.0 Å². The fourth-order valence-electron chi connectivity index (χ4n) is 3.06. The van der Waals surface area contributed by atoms with Gasteiger partial charge in [0.05, 0.1) is 23.7 Å². The number of anilines is 1. The molecule has 1 aromatic rings. The summed E-state index contributed by atoms with van der Waals surface area (Å²) in [5.41, 5.74) is 0.262. The Morgan fingerprint density at radius 1 is 1.30 bits per heavy atom. The van der Waals surface area contributed by atoms with E-state index in [0.29, 0.717) is 18.0 Å². The number of imide groups is 1. The number of esters is 1. The second-order valence-electron chi connectivity index (χ2n) is 5.51. The largest absolute Gasteiger partial charge is 0.469 e. The molecule has 0 aliphatic carbocycles. The lowest BCUT2D eigenvalue weighted by molar-refractivity contribution is -0.147. The summed E-state index contributed by atoms with van der Waals surface area (Å²) in [7, 11) is 1.31. The van der Waals surface area contributed by atoms with Crippen molar-refractivity contribution in [3.8, 4) is 0 Å². The molecule has 0 N–H and O–H groups in total. The summed E-state index contributed by atoms with van der Waals surface area (Å²) < 4.78 is 4.74. The highest BCUT2D eigenvalue weighted by atomic mass is 35.5. The number of rotatable bonds is 2. The fourth-order valence-corrected chi connectivity index (χ4v) is 3.43. The van der Waals surface area contributed by atoms with Crippen molar-refractivity contribution >= 4 is 46.8 Å². The number of urea groups is 1. The number of piperidine rings is 1. The van der Waals surface area contributed by atoms with Crippen LogP contribution in [0, 0.1) is 5.92 Å². The van der Waals surface area contributed by atoms with Crippen molar-refractivity contribution < 1.29 is 19.1 Å². The number of hydrogen-bond donors (Lipinski definition) is 0. The molecule has 2 atom stereocenters. The maximum atomic E-state index is 12.7. The monoisotopic (exact) mass is 356 g/mol. The van der Waals surface area contributed by atoms with Gasteiger partial charge in [0, 0.05) is 11.6 Å². The molecule has 0 aromatic heterocycles.